The Morgan fingerprint density at radius 3 is 2.95 bits per heavy atom. The van der Waals surface area contributed by atoms with Crippen LogP contribution in [0.15, 0.2) is 24.3 Å². The Hall–Kier alpha value is -2.44. The molecule has 114 valence electrons. The van der Waals surface area contributed by atoms with Crippen molar-refractivity contribution in [3.8, 4) is 0 Å². The molecule has 0 spiro atoms. The van der Waals surface area contributed by atoms with Gasteiger partial charge in [0, 0.05) is 23.7 Å². The summed E-state index contributed by atoms with van der Waals surface area (Å²) in [5.41, 5.74) is 0.302. The summed E-state index contributed by atoms with van der Waals surface area (Å²) in [7, 11) is 0. The van der Waals surface area contributed by atoms with E-state index in [-0.39, 0.29) is 47.3 Å². The Labute approximate surface area is 125 Å². The summed E-state index contributed by atoms with van der Waals surface area (Å²) < 4.78 is 5.31. The first kappa shape index (κ1) is 13.2. The maximum atomic E-state index is 12.5. The van der Waals surface area contributed by atoms with Crippen molar-refractivity contribution in [2.75, 3.05) is 5.32 Å². The van der Waals surface area contributed by atoms with Crippen LogP contribution in [0.1, 0.15) is 12.8 Å². The molecule has 1 aromatic carbocycles. The highest BCUT2D eigenvalue weighted by Gasteiger charge is 2.63. The molecule has 0 radical (unpaired) electrons. The van der Waals surface area contributed by atoms with Gasteiger partial charge in [-0.05, 0) is 24.8 Å². The maximum absolute atomic E-state index is 12.5. The van der Waals surface area contributed by atoms with Gasteiger partial charge >= 0.3 is 5.97 Å². The lowest BCUT2D eigenvalue weighted by atomic mass is 9.79. The molecule has 0 unspecified atom stereocenters. The number of anilines is 1. The molecule has 1 N–H and O–H groups in total. The van der Waals surface area contributed by atoms with Crippen molar-refractivity contribution in [1.82, 2.24) is 0 Å². The Morgan fingerprint density at radius 1 is 1.36 bits per heavy atom. The van der Waals surface area contributed by atoms with Gasteiger partial charge in [-0.2, -0.15) is 0 Å². The van der Waals surface area contributed by atoms with Crippen LogP contribution in [0.4, 0.5) is 11.4 Å². The van der Waals surface area contributed by atoms with E-state index in [2.05, 4.69) is 5.32 Å². The van der Waals surface area contributed by atoms with Crippen molar-refractivity contribution in [2.24, 2.45) is 23.7 Å². The third-order valence-corrected chi connectivity index (χ3v) is 5.11. The van der Waals surface area contributed by atoms with E-state index in [0.29, 0.717) is 5.69 Å². The number of amides is 1. The van der Waals surface area contributed by atoms with Crippen LogP contribution in [0.5, 0.6) is 0 Å². The second-order valence-electron chi connectivity index (χ2n) is 6.22. The van der Waals surface area contributed by atoms with Crippen LogP contribution in [-0.2, 0) is 14.3 Å². The smallest absolute Gasteiger partial charge is 0.310 e. The molecule has 1 aromatic rings. The number of non-ortho nitro benzene ring substituents is 1. The number of hydrogen-bond donors (Lipinski definition) is 1. The third-order valence-electron chi connectivity index (χ3n) is 5.11. The topological polar surface area (TPSA) is 98.5 Å². The molecular weight excluding hydrogens is 288 g/mol. The minimum atomic E-state index is -0.508. The number of carbonyl (C=O) groups is 2. The van der Waals surface area contributed by atoms with Gasteiger partial charge in [-0.15, -0.1) is 0 Å². The highest BCUT2D eigenvalue weighted by Crippen LogP contribution is 2.57. The van der Waals surface area contributed by atoms with E-state index in [0.717, 1.165) is 12.8 Å². The number of hydrogen-bond acceptors (Lipinski definition) is 5. The molecule has 1 saturated heterocycles. The van der Waals surface area contributed by atoms with Crippen molar-refractivity contribution in [3.63, 3.8) is 0 Å². The Bertz CT molecular complexity index is 686. The van der Waals surface area contributed by atoms with Gasteiger partial charge in [-0.25, -0.2) is 0 Å². The second kappa shape index (κ2) is 4.53. The van der Waals surface area contributed by atoms with Gasteiger partial charge in [0.2, 0.25) is 5.91 Å². The number of carbonyl (C=O) groups excluding carboxylic acids is 2. The number of nitrogens with zero attached hydrogens (tertiary/aromatic N) is 1. The Morgan fingerprint density at radius 2 is 2.18 bits per heavy atom. The summed E-state index contributed by atoms with van der Waals surface area (Å²) in [5.74, 6) is -0.897. The standard InChI is InChI=1S/C15H14N2O5/c18-14(16-8-2-1-3-9(6-8)17(20)21)12-7-4-10-11(5-7)22-15(19)13(10)12/h1-3,6-7,10-13H,4-5H2,(H,16,18)/t7-,10+,11+,12-,13+/m1/s1. The molecule has 3 fully saturated rings. The van der Waals surface area contributed by atoms with Crippen LogP contribution < -0.4 is 5.32 Å². The zero-order valence-corrected chi connectivity index (χ0v) is 11.6. The van der Waals surface area contributed by atoms with Gasteiger partial charge in [0.05, 0.1) is 16.8 Å². The largest absolute Gasteiger partial charge is 0.462 e. The summed E-state index contributed by atoms with van der Waals surface area (Å²) in [5, 5.41) is 13.5. The molecular formula is C15H14N2O5. The van der Waals surface area contributed by atoms with Gasteiger partial charge < -0.3 is 10.1 Å². The highest BCUT2D eigenvalue weighted by atomic mass is 16.6. The first-order valence-corrected chi connectivity index (χ1v) is 7.30. The third kappa shape index (κ3) is 1.81. The average Bonchev–Trinajstić information content (AvgIpc) is 3.08. The average molecular weight is 302 g/mol. The summed E-state index contributed by atoms with van der Waals surface area (Å²) in [6.07, 6.45) is 1.60. The molecule has 1 amide bonds. The van der Waals surface area contributed by atoms with Crippen molar-refractivity contribution in [3.05, 3.63) is 34.4 Å². The number of nitrogens with one attached hydrogen (secondary N) is 1. The number of benzene rings is 1. The minimum Gasteiger partial charge on any atom is -0.462 e. The quantitative estimate of drug-likeness (QED) is 0.521. The Balaban J connectivity index is 1.55. The van der Waals surface area contributed by atoms with E-state index in [1.807, 2.05) is 0 Å². The van der Waals surface area contributed by atoms with Crippen LogP contribution >= 0.6 is 0 Å². The minimum absolute atomic E-state index is 0.00985. The Kier molecular flexibility index (Phi) is 2.72. The number of rotatable bonds is 3. The summed E-state index contributed by atoms with van der Waals surface area (Å²) in [4.78, 5) is 34.7. The van der Waals surface area contributed by atoms with Crippen LogP contribution in [0.3, 0.4) is 0 Å². The van der Waals surface area contributed by atoms with Gasteiger partial charge in [0.25, 0.3) is 5.69 Å². The molecule has 7 heteroatoms. The summed E-state index contributed by atoms with van der Waals surface area (Å²) >= 11 is 0. The van der Waals surface area contributed by atoms with Gasteiger partial charge in [0.15, 0.2) is 0 Å². The van der Waals surface area contributed by atoms with Crippen molar-refractivity contribution < 1.29 is 19.2 Å². The van der Waals surface area contributed by atoms with Gasteiger partial charge in [0.1, 0.15) is 6.10 Å². The lowest BCUT2D eigenvalue weighted by Crippen LogP contribution is -2.35. The van der Waals surface area contributed by atoms with Crippen LogP contribution in [0, 0.1) is 33.8 Å². The molecule has 1 heterocycles. The lowest BCUT2D eigenvalue weighted by molar-refractivity contribution is -0.384. The van der Waals surface area contributed by atoms with Gasteiger partial charge in [-0.1, -0.05) is 6.07 Å². The number of ether oxygens (including phenoxy) is 1. The molecule has 2 aliphatic carbocycles. The molecule has 7 nitrogen and oxygen atoms in total. The first-order chi connectivity index (χ1) is 10.5. The van der Waals surface area contributed by atoms with E-state index >= 15 is 0 Å². The first-order valence-electron chi connectivity index (χ1n) is 7.30. The van der Waals surface area contributed by atoms with E-state index in [1.165, 1.54) is 18.2 Å². The fourth-order valence-electron chi connectivity index (χ4n) is 4.29. The fourth-order valence-corrected chi connectivity index (χ4v) is 4.29. The van der Waals surface area contributed by atoms with E-state index < -0.39 is 4.92 Å². The molecule has 1 aliphatic heterocycles. The van der Waals surface area contributed by atoms with Gasteiger partial charge in [-0.3, -0.25) is 19.7 Å². The number of nitro benzene ring substituents is 1. The SMILES string of the molecule is O=C(Nc1cccc([N+](=O)[O-])c1)[C@@H]1[C@@H]2C[C@@H]3[C@@H]1C(=O)O[C@H]3C2. The van der Waals surface area contributed by atoms with E-state index in [4.69, 9.17) is 4.74 Å². The molecule has 5 atom stereocenters. The zero-order chi connectivity index (χ0) is 15.4. The summed E-state index contributed by atoms with van der Waals surface area (Å²) in [6, 6.07) is 5.81. The predicted octanol–water partition coefficient (Wildman–Crippen LogP) is 1.73. The fraction of sp³-hybridized carbons (Fsp3) is 0.467. The van der Waals surface area contributed by atoms with Crippen LogP contribution in [0.25, 0.3) is 0 Å². The van der Waals surface area contributed by atoms with E-state index in [9.17, 15) is 19.7 Å². The van der Waals surface area contributed by atoms with Crippen LogP contribution in [-0.4, -0.2) is 22.9 Å². The second-order valence-corrected chi connectivity index (χ2v) is 6.22. The molecule has 3 aliphatic rings. The number of fused-ring (bicyclic) bond motifs is 1. The van der Waals surface area contributed by atoms with Crippen LogP contribution in [0.2, 0.25) is 0 Å². The number of esters is 1. The summed E-state index contributed by atoms with van der Waals surface area (Å²) in [6.45, 7) is 0. The molecule has 0 aromatic heterocycles. The molecule has 2 saturated carbocycles. The predicted molar refractivity (Wildman–Crippen MR) is 74.8 cm³/mol. The number of nitro groups is 1. The van der Waals surface area contributed by atoms with Crippen molar-refractivity contribution in [1.29, 1.82) is 0 Å². The van der Waals surface area contributed by atoms with Crippen molar-refractivity contribution >= 4 is 23.3 Å². The molecule has 2 bridgehead atoms. The molecule has 4 rings (SSSR count). The van der Waals surface area contributed by atoms with Crippen molar-refractivity contribution in [2.45, 2.75) is 18.9 Å². The highest BCUT2D eigenvalue weighted by molar-refractivity contribution is 5.97. The zero-order valence-electron chi connectivity index (χ0n) is 11.6. The maximum Gasteiger partial charge on any atom is 0.310 e. The lowest BCUT2D eigenvalue weighted by Gasteiger charge is -2.23. The normalized spacial score (nSPS) is 34.5. The monoisotopic (exact) mass is 302 g/mol. The van der Waals surface area contributed by atoms with E-state index in [1.54, 1.807) is 6.07 Å². The molecule has 22 heavy (non-hydrogen) atoms.